The van der Waals surface area contributed by atoms with Crippen LogP contribution in [-0.4, -0.2) is 27.3 Å². The Morgan fingerprint density at radius 1 is 1.47 bits per heavy atom. The molecule has 0 bridgehead atoms. The van der Waals surface area contributed by atoms with Crippen LogP contribution < -0.4 is 11.1 Å². The van der Waals surface area contributed by atoms with Crippen molar-refractivity contribution < 1.29 is 15.0 Å². The maximum atomic E-state index is 11.0. The van der Waals surface area contributed by atoms with Gasteiger partial charge in [0.25, 0.3) is 11.8 Å². The lowest BCUT2D eigenvalue weighted by Gasteiger charge is -2.28. The molecule has 1 atom stereocenters. The van der Waals surface area contributed by atoms with E-state index in [1.54, 1.807) is 12.1 Å². The largest absolute Gasteiger partial charge is 0.504 e. The predicted octanol–water partition coefficient (Wildman–Crippen LogP) is -0.887. The molecule has 1 aromatic heterocycles. The fraction of sp³-hybridized carbons (Fsp3) is 0.100. The molecule has 2 rings (SSSR count). The van der Waals surface area contributed by atoms with Crippen LogP contribution >= 0.6 is 0 Å². The fourth-order valence-electron chi connectivity index (χ4n) is 1.38. The minimum absolute atomic E-state index is 0.183. The van der Waals surface area contributed by atoms with Gasteiger partial charge in [-0.15, -0.1) is 0 Å². The van der Waals surface area contributed by atoms with Crippen molar-refractivity contribution in [3.63, 3.8) is 0 Å². The van der Waals surface area contributed by atoms with E-state index in [1.807, 2.05) is 0 Å². The molecular weight excluding hydrogens is 224 g/mol. The quantitative estimate of drug-likeness (QED) is 0.529. The summed E-state index contributed by atoms with van der Waals surface area (Å²) in [6, 6.07) is 4.84. The number of allylic oxidation sites excluding steroid dienone is 1. The number of aromatic nitrogens is 1. The zero-order chi connectivity index (χ0) is 12.5. The second kappa shape index (κ2) is 3.87. The van der Waals surface area contributed by atoms with Crippen molar-refractivity contribution >= 4 is 12.1 Å². The number of pyridine rings is 1. The van der Waals surface area contributed by atoms with E-state index >= 15 is 0 Å². The Morgan fingerprint density at radius 2 is 2.24 bits per heavy atom. The lowest BCUT2D eigenvalue weighted by atomic mass is 10.2. The van der Waals surface area contributed by atoms with Gasteiger partial charge in [0.2, 0.25) is 0 Å². The van der Waals surface area contributed by atoms with Gasteiger partial charge in [0.15, 0.2) is 5.76 Å². The number of carbonyl (C=O) groups excluding carboxylic acids is 1. The average Bonchev–Trinajstić information content (AvgIpc) is 2.33. The van der Waals surface area contributed by atoms with Crippen LogP contribution in [0, 0.1) is 0 Å². The van der Waals surface area contributed by atoms with Crippen molar-refractivity contribution in [3.8, 4) is 0 Å². The monoisotopic (exact) mass is 234 g/mol. The van der Waals surface area contributed by atoms with E-state index in [1.165, 1.54) is 12.3 Å². The van der Waals surface area contributed by atoms with Crippen molar-refractivity contribution in [3.05, 3.63) is 41.5 Å². The van der Waals surface area contributed by atoms with E-state index in [9.17, 15) is 15.0 Å². The highest BCUT2D eigenvalue weighted by atomic mass is 16.3. The number of aliphatic imine (C=N–C) groups is 1. The molecule has 1 aliphatic rings. The highest BCUT2D eigenvalue weighted by Crippen LogP contribution is 2.22. The predicted molar refractivity (Wildman–Crippen MR) is 58.6 cm³/mol. The van der Waals surface area contributed by atoms with Crippen LogP contribution in [0.25, 0.3) is 0 Å². The minimum atomic E-state index is -1.90. The number of amides is 1. The third-order valence-electron chi connectivity index (χ3n) is 2.20. The first-order valence-electron chi connectivity index (χ1n) is 4.73. The highest BCUT2D eigenvalue weighted by Gasteiger charge is 2.35. The van der Waals surface area contributed by atoms with Crippen LogP contribution in [0.3, 0.4) is 0 Å². The number of nitrogens with zero attached hydrogens (tertiary/aromatic N) is 2. The maximum Gasteiger partial charge on any atom is 0.280 e. The third-order valence-corrected chi connectivity index (χ3v) is 2.20. The number of primary amides is 1. The standard InChI is InChI=1S/C10H10N4O3/c11-9(16)8-6(15)5-13-10(17,14-8)7-3-1-2-4-12-7/h1-5,14-15,17H,(H2,11,16). The fourth-order valence-corrected chi connectivity index (χ4v) is 1.38. The van der Waals surface area contributed by atoms with Gasteiger partial charge in [-0.25, -0.2) is 4.99 Å². The van der Waals surface area contributed by atoms with Crippen molar-refractivity contribution in [1.82, 2.24) is 10.3 Å². The minimum Gasteiger partial charge on any atom is -0.504 e. The Morgan fingerprint density at radius 3 is 2.82 bits per heavy atom. The summed E-state index contributed by atoms with van der Waals surface area (Å²) in [6.45, 7) is 0. The number of rotatable bonds is 2. The van der Waals surface area contributed by atoms with E-state index in [0.717, 1.165) is 6.21 Å². The number of aliphatic hydroxyl groups is 2. The van der Waals surface area contributed by atoms with E-state index < -0.39 is 17.5 Å². The van der Waals surface area contributed by atoms with Crippen molar-refractivity contribution in [2.75, 3.05) is 0 Å². The van der Waals surface area contributed by atoms with Crippen molar-refractivity contribution in [1.29, 1.82) is 0 Å². The topological polar surface area (TPSA) is 121 Å². The highest BCUT2D eigenvalue weighted by molar-refractivity contribution is 5.98. The van der Waals surface area contributed by atoms with Crippen molar-refractivity contribution in [2.24, 2.45) is 10.7 Å². The summed E-state index contributed by atoms with van der Waals surface area (Å²) in [5.74, 6) is -3.24. The van der Waals surface area contributed by atoms with Gasteiger partial charge in [-0.3, -0.25) is 9.78 Å². The van der Waals surface area contributed by atoms with Gasteiger partial charge in [-0.1, -0.05) is 6.07 Å². The Labute approximate surface area is 96.3 Å². The molecule has 7 nitrogen and oxygen atoms in total. The van der Waals surface area contributed by atoms with Crippen LogP contribution in [-0.2, 0) is 10.6 Å². The van der Waals surface area contributed by atoms with Gasteiger partial charge in [0.1, 0.15) is 11.4 Å². The first kappa shape index (κ1) is 11.1. The molecule has 0 aromatic carbocycles. The van der Waals surface area contributed by atoms with Gasteiger partial charge in [-0.05, 0) is 12.1 Å². The third kappa shape index (κ3) is 1.95. The van der Waals surface area contributed by atoms with Crippen molar-refractivity contribution in [2.45, 2.75) is 5.85 Å². The lowest BCUT2D eigenvalue weighted by molar-refractivity contribution is -0.116. The van der Waals surface area contributed by atoms with E-state index in [4.69, 9.17) is 5.73 Å². The van der Waals surface area contributed by atoms with Crippen LogP contribution in [0.1, 0.15) is 5.69 Å². The summed E-state index contributed by atoms with van der Waals surface area (Å²) in [5.41, 5.74) is 4.92. The van der Waals surface area contributed by atoms with Crippen LogP contribution in [0.4, 0.5) is 0 Å². The second-order valence-electron chi connectivity index (χ2n) is 3.39. The zero-order valence-corrected chi connectivity index (χ0v) is 8.66. The van der Waals surface area contributed by atoms with E-state index in [-0.39, 0.29) is 11.4 Å². The molecule has 0 saturated carbocycles. The molecular formula is C10H10N4O3. The number of hydrogen-bond acceptors (Lipinski definition) is 6. The smallest absolute Gasteiger partial charge is 0.280 e. The number of nitrogens with one attached hydrogen (secondary N) is 1. The number of aliphatic hydroxyl groups excluding tert-OH is 1. The molecule has 1 aliphatic heterocycles. The maximum absolute atomic E-state index is 11.0. The molecule has 1 unspecified atom stereocenters. The van der Waals surface area contributed by atoms with Crippen LogP contribution in [0.5, 0.6) is 0 Å². The van der Waals surface area contributed by atoms with Gasteiger partial charge in [0.05, 0.1) is 6.21 Å². The summed E-state index contributed by atoms with van der Waals surface area (Å²) < 4.78 is 0. The van der Waals surface area contributed by atoms with Gasteiger partial charge in [0, 0.05) is 6.20 Å². The van der Waals surface area contributed by atoms with E-state index in [0.29, 0.717) is 0 Å². The Kier molecular flexibility index (Phi) is 2.52. The molecule has 1 aromatic rings. The molecule has 2 heterocycles. The Bertz CT molecular complexity index is 512. The molecule has 1 amide bonds. The SMILES string of the molecule is NC(=O)C1=C(O)C=NC(O)(c2ccccn2)N1. The molecule has 0 spiro atoms. The summed E-state index contributed by atoms with van der Waals surface area (Å²) in [5, 5.41) is 21.9. The zero-order valence-electron chi connectivity index (χ0n) is 8.66. The molecule has 0 saturated heterocycles. The molecule has 0 radical (unpaired) electrons. The average molecular weight is 234 g/mol. The van der Waals surface area contributed by atoms with Crippen LogP contribution in [0.2, 0.25) is 0 Å². The van der Waals surface area contributed by atoms with Crippen LogP contribution in [0.15, 0.2) is 40.8 Å². The van der Waals surface area contributed by atoms with E-state index in [2.05, 4.69) is 15.3 Å². The van der Waals surface area contributed by atoms with Gasteiger partial charge >= 0.3 is 0 Å². The Balaban J connectivity index is 2.39. The molecule has 88 valence electrons. The number of hydrogen-bond donors (Lipinski definition) is 4. The summed E-state index contributed by atoms with van der Waals surface area (Å²) in [4.78, 5) is 18.6. The molecule has 17 heavy (non-hydrogen) atoms. The first-order chi connectivity index (χ1) is 8.03. The van der Waals surface area contributed by atoms with Gasteiger partial charge in [-0.2, -0.15) is 0 Å². The summed E-state index contributed by atoms with van der Waals surface area (Å²) in [6.07, 6.45) is 2.41. The number of carbonyl (C=O) groups is 1. The molecule has 7 heteroatoms. The van der Waals surface area contributed by atoms with Gasteiger partial charge < -0.3 is 21.3 Å². The summed E-state index contributed by atoms with van der Waals surface area (Å²) in [7, 11) is 0. The number of nitrogens with two attached hydrogens (primary N) is 1. The molecule has 0 fully saturated rings. The Hall–Kier alpha value is -2.41. The summed E-state index contributed by atoms with van der Waals surface area (Å²) >= 11 is 0. The first-order valence-corrected chi connectivity index (χ1v) is 4.73. The lowest BCUT2D eigenvalue weighted by Crippen LogP contribution is -2.46. The second-order valence-corrected chi connectivity index (χ2v) is 3.39. The normalized spacial score (nSPS) is 23.4. The molecule has 5 N–H and O–H groups in total. The molecule has 0 aliphatic carbocycles.